The first-order valence-electron chi connectivity index (χ1n) is 5.86. The molecule has 0 aliphatic rings. The fourth-order valence-electron chi connectivity index (χ4n) is 1.79. The highest BCUT2D eigenvalue weighted by atomic mass is 14.9. The predicted octanol–water partition coefficient (Wildman–Crippen LogP) is 3.18. The Morgan fingerprint density at radius 1 is 1.22 bits per heavy atom. The predicted molar refractivity (Wildman–Crippen MR) is 72.2 cm³/mol. The van der Waals surface area contributed by atoms with Crippen LogP contribution in [0.3, 0.4) is 0 Å². The SMILES string of the molecule is Cc1ccc(C#N)c(NCc2cccc(C)n2)c1. The zero-order valence-electron chi connectivity index (χ0n) is 10.6. The third kappa shape index (κ3) is 2.86. The number of aryl methyl sites for hydroxylation is 2. The van der Waals surface area contributed by atoms with Crippen molar-refractivity contribution in [3.8, 4) is 6.07 Å². The van der Waals surface area contributed by atoms with Gasteiger partial charge in [0, 0.05) is 5.69 Å². The second-order valence-electron chi connectivity index (χ2n) is 4.28. The maximum atomic E-state index is 9.05. The number of aromatic nitrogens is 1. The fraction of sp³-hybridized carbons (Fsp3) is 0.200. The number of nitrogens with one attached hydrogen (secondary N) is 1. The summed E-state index contributed by atoms with van der Waals surface area (Å²) in [5, 5.41) is 12.3. The molecule has 18 heavy (non-hydrogen) atoms. The molecule has 1 aromatic heterocycles. The Balaban J connectivity index is 2.15. The molecule has 1 heterocycles. The van der Waals surface area contributed by atoms with Crippen molar-refractivity contribution in [2.45, 2.75) is 20.4 Å². The first-order chi connectivity index (χ1) is 8.69. The molecule has 2 rings (SSSR count). The molecule has 0 spiro atoms. The minimum Gasteiger partial charge on any atom is -0.378 e. The monoisotopic (exact) mass is 237 g/mol. The van der Waals surface area contributed by atoms with Gasteiger partial charge in [-0.25, -0.2) is 0 Å². The Morgan fingerprint density at radius 3 is 2.78 bits per heavy atom. The number of rotatable bonds is 3. The van der Waals surface area contributed by atoms with Crippen LogP contribution in [0.4, 0.5) is 5.69 Å². The minimum absolute atomic E-state index is 0.625. The molecule has 0 fully saturated rings. The van der Waals surface area contributed by atoms with Crippen LogP contribution >= 0.6 is 0 Å². The quantitative estimate of drug-likeness (QED) is 0.891. The summed E-state index contributed by atoms with van der Waals surface area (Å²) < 4.78 is 0. The van der Waals surface area contributed by atoms with Crippen molar-refractivity contribution < 1.29 is 0 Å². The molecule has 0 atom stereocenters. The van der Waals surface area contributed by atoms with Gasteiger partial charge in [-0.1, -0.05) is 12.1 Å². The smallest absolute Gasteiger partial charge is 0.101 e. The van der Waals surface area contributed by atoms with Gasteiger partial charge in [0.25, 0.3) is 0 Å². The largest absolute Gasteiger partial charge is 0.378 e. The Bertz CT molecular complexity index is 597. The van der Waals surface area contributed by atoms with E-state index < -0.39 is 0 Å². The van der Waals surface area contributed by atoms with Crippen molar-refractivity contribution in [1.82, 2.24) is 4.98 Å². The molecular formula is C15H15N3. The van der Waals surface area contributed by atoms with Crippen molar-refractivity contribution >= 4 is 5.69 Å². The Morgan fingerprint density at radius 2 is 2.06 bits per heavy atom. The van der Waals surface area contributed by atoms with Crippen LogP contribution in [-0.2, 0) is 6.54 Å². The first kappa shape index (κ1) is 12.1. The minimum atomic E-state index is 0.625. The van der Waals surface area contributed by atoms with Crippen LogP contribution in [0, 0.1) is 25.2 Å². The highest BCUT2D eigenvalue weighted by Crippen LogP contribution is 2.17. The lowest BCUT2D eigenvalue weighted by Gasteiger charge is -2.09. The molecule has 0 bridgehead atoms. The van der Waals surface area contributed by atoms with Crippen LogP contribution in [-0.4, -0.2) is 4.98 Å². The molecule has 0 amide bonds. The van der Waals surface area contributed by atoms with Gasteiger partial charge in [-0.05, 0) is 43.7 Å². The normalized spacial score (nSPS) is 9.83. The standard InChI is InChI=1S/C15H15N3/c1-11-6-7-13(9-16)15(8-11)17-10-14-5-3-4-12(2)18-14/h3-8,17H,10H2,1-2H3. The van der Waals surface area contributed by atoms with Crippen LogP contribution in [0.15, 0.2) is 36.4 Å². The van der Waals surface area contributed by atoms with Crippen molar-refractivity contribution in [3.05, 3.63) is 58.9 Å². The van der Waals surface area contributed by atoms with Gasteiger partial charge >= 0.3 is 0 Å². The summed E-state index contributed by atoms with van der Waals surface area (Å²) in [7, 11) is 0. The molecule has 90 valence electrons. The number of pyridine rings is 1. The van der Waals surface area contributed by atoms with Gasteiger partial charge in [0.05, 0.1) is 23.5 Å². The van der Waals surface area contributed by atoms with E-state index >= 15 is 0 Å². The lowest BCUT2D eigenvalue weighted by Crippen LogP contribution is -2.03. The van der Waals surface area contributed by atoms with Crippen molar-refractivity contribution in [2.75, 3.05) is 5.32 Å². The topological polar surface area (TPSA) is 48.7 Å². The van der Waals surface area contributed by atoms with Crippen molar-refractivity contribution in [2.24, 2.45) is 0 Å². The molecule has 0 aliphatic carbocycles. The highest BCUT2D eigenvalue weighted by molar-refractivity contribution is 5.58. The van der Waals surface area contributed by atoms with Gasteiger partial charge < -0.3 is 5.32 Å². The highest BCUT2D eigenvalue weighted by Gasteiger charge is 2.02. The third-order valence-corrected chi connectivity index (χ3v) is 2.70. The van der Waals surface area contributed by atoms with Crippen LogP contribution in [0.25, 0.3) is 0 Å². The Kier molecular flexibility index (Phi) is 3.59. The van der Waals surface area contributed by atoms with E-state index in [-0.39, 0.29) is 0 Å². The molecular weight excluding hydrogens is 222 g/mol. The maximum Gasteiger partial charge on any atom is 0.101 e. The van der Waals surface area contributed by atoms with Gasteiger partial charge in [0.1, 0.15) is 6.07 Å². The van der Waals surface area contributed by atoms with Crippen LogP contribution in [0.2, 0.25) is 0 Å². The van der Waals surface area contributed by atoms with Gasteiger partial charge in [-0.15, -0.1) is 0 Å². The van der Waals surface area contributed by atoms with Gasteiger partial charge in [-0.3, -0.25) is 4.98 Å². The molecule has 1 N–H and O–H groups in total. The molecule has 0 saturated carbocycles. The molecule has 0 saturated heterocycles. The number of nitrogens with zero attached hydrogens (tertiary/aromatic N) is 2. The van der Waals surface area contributed by atoms with Crippen molar-refractivity contribution in [3.63, 3.8) is 0 Å². The van der Waals surface area contributed by atoms with Crippen LogP contribution in [0.5, 0.6) is 0 Å². The molecule has 3 nitrogen and oxygen atoms in total. The van der Waals surface area contributed by atoms with Crippen LogP contribution in [0.1, 0.15) is 22.5 Å². The number of anilines is 1. The summed E-state index contributed by atoms with van der Waals surface area (Å²) in [4.78, 5) is 4.42. The van der Waals surface area contributed by atoms with Gasteiger partial charge in [0.15, 0.2) is 0 Å². The second-order valence-corrected chi connectivity index (χ2v) is 4.28. The summed E-state index contributed by atoms with van der Waals surface area (Å²) in [5.74, 6) is 0. The molecule has 0 aliphatic heterocycles. The summed E-state index contributed by atoms with van der Waals surface area (Å²) in [6.45, 7) is 4.61. The van der Waals surface area contributed by atoms with E-state index in [2.05, 4.69) is 16.4 Å². The second kappa shape index (κ2) is 5.33. The average Bonchev–Trinajstić information content (AvgIpc) is 2.37. The summed E-state index contributed by atoms with van der Waals surface area (Å²) in [6, 6.07) is 13.9. The lowest BCUT2D eigenvalue weighted by atomic mass is 10.1. The zero-order chi connectivity index (χ0) is 13.0. The van der Waals surface area contributed by atoms with E-state index in [0.717, 1.165) is 22.6 Å². The van der Waals surface area contributed by atoms with E-state index in [4.69, 9.17) is 5.26 Å². The fourth-order valence-corrected chi connectivity index (χ4v) is 1.79. The summed E-state index contributed by atoms with van der Waals surface area (Å²) in [5.41, 5.74) is 4.63. The number of nitriles is 1. The maximum absolute atomic E-state index is 9.05. The molecule has 3 heteroatoms. The average molecular weight is 237 g/mol. The number of hydrogen-bond donors (Lipinski definition) is 1. The van der Waals surface area contributed by atoms with E-state index in [1.807, 2.05) is 50.2 Å². The lowest BCUT2D eigenvalue weighted by molar-refractivity contribution is 1.01. The zero-order valence-corrected chi connectivity index (χ0v) is 10.6. The Labute approximate surface area is 107 Å². The van der Waals surface area contributed by atoms with Gasteiger partial charge in [0.2, 0.25) is 0 Å². The molecule has 0 radical (unpaired) electrons. The Hall–Kier alpha value is -2.34. The van der Waals surface area contributed by atoms with E-state index in [0.29, 0.717) is 12.1 Å². The molecule has 2 aromatic rings. The van der Waals surface area contributed by atoms with E-state index in [1.54, 1.807) is 0 Å². The first-order valence-corrected chi connectivity index (χ1v) is 5.86. The summed E-state index contributed by atoms with van der Waals surface area (Å²) in [6.07, 6.45) is 0. The van der Waals surface area contributed by atoms with E-state index in [1.165, 1.54) is 0 Å². The van der Waals surface area contributed by atoms with E-state index in [9.17, 15) is 0 Å². The molecule has 0 unspecified atom stereocenters. The van der Waals surface area contributed by atoms with Gasteiger partial charge in [-0.2, -0.15) is 5.26 Å². The molecule has 1 aromatic carbocycles. The summed E-state index contributed by atoms with van der Waals surface area (Å²) >= 11 is 0. The number of hydrogen-bond acceptors (Lipinski definition) is 3. The van der Waals surface area contributed by atoms with Crippen molar-refractivity contribution in [1.29, 1.82) is 5.26 Å². The van der Waals surface area contributed by atoms with Crippen LogP contribution < -0.4 is 5.32 Å². The third-order valence-electron chi connectivity index (χ3n) is 2.70. The number of benzene rings is 1.